The highest BCUT2D eigenvalue weighted by Crippen LogP contribution is 2.27. The topological polar surface area (TPSA) is 50.4 Å². The number of aromatic amines is 1. The van der Waals surface area contributed by atoms with Crippen LogP contribution in [0.5, 0.6) is 5.75 Å². The summed E-state index contributed by atoms with van der Waals surface area (Å²) >= 11 is 0. The van der Waals surface area contributed by atoms with Crippen molar-refractivity contribution in [3.05, 3.63) is 48.5 Å². The van der Waals surface area contributed by atoms with Gasteiger partial charge in [-0.25, -0.2) is 4.98 Å². The Morgan fingerprint density at radius 3 is 2.90 bits per heavy atom. The van der Waals surface area contributed by atoms with Gasteiger partial charge in [-0.3, -0.25) is 4.90 Å². The van der Waals surface area contributed by atoms with Crippen LogP contribution in [0.2, 0.25) is 0 Å². The van der Waals surface area contributed by atoms with Crippen LogP contribution in [0.15, 0.2) is 42.9 Å². The van der Waals surface area contributed by atoms with Crippen LogP contribution in [-0.4, -0.2) is 47.3 Å². The summed E-state index contributed by atoms with van der Waals surface area (Å²) in [5.74, 6) is 0.890. The van der Waals surface area contributed by atoms with E-state index in [0.717, 1.165) is 37.5 Å². The van der Waals surface area contributed by atoms with E-state index in [1.165, 1.54) is 0 Å². The summed E-state index contributed by atoms with van der Waals surface area (Å²) in [7, 11) is 1.77. The maximum Gasteiger partial charge on any atom is 0.119 e. The molecule has 1 aromatic carbocycles. The van der Waals surface area contributed by atoms with Crippen molar-refractivity contribution in [2.45, 2.75) is 18.6 Å². The summed E-state index contributed by atoms with van der Waals surface area (Å²) in [6.45, 7) is 3.32. The first kappa shape index (κ1) is 14.1. The summed E-state index contributed by atoms with van der Waals surface area (Å²) in [4.78, 5) is 9.57. The van der Waals surface area contributed by atoms with Gasteiger partial charge in [-0.05, 0) is 18.6 Å². The highest BCUT2D eigenvalue weighted by atomic mass is 16.5. The SMILES string of the molecule is CO[C@]1(COc2ccccc2)CCN(Cc2cnc[nH]2)C1. The van der Waals surface area contributed by atoms with E-state index in [9.17, 15) is 0 Å². The number of imidazole rings is 1. The molecule has 1 N–H and O–H groups in total. The van der Waals surface area contributed by atoms with E-state index < -0.39 is 0 Å². The molecule has 2 heterocycles. The average molecular weight is 287 g/mol. The zero-order valence-corrected chi connectivity index (χ0v) is 12.3. The van der Waals surface area contributed by atoms with Gasteiger partial charge in [-0.2, -0.15) is 0 Å². The normalized spacial score (nSPS) is 22.5. The number of ether oxygens (including phenoxy) is 2. The van der Waals surface area contributed by atoms with E-state index >= 15 is 0 Å². The lowest BCUT2D eigenvalue weighted by molar-refractivity contribution is -0.0359. The van der Waals surface area contributed by atoms with Crippen LogP contribution >= 0.6 is 0 Å². The molecule has 0 amide bonds. The van der Waals surface area contributed by atoms with Gasteiger partial charge >= 0.3 is 0 Å². The van der Waals surface area contributed by atoms with E-state index in [4.69, 9.17) is 9.47 Å². The highest BCUT2D eigenvalue weighted by Gasteiger charge is 2.39. The molecule has 5 heteroatoms. The van der Waals surface area contributed by atoms with E-state index in [1.807, 2.05) is 36.5 Å². The second-order valence-corrected chi connectivity index (χ2v) is 5.53. The summed E-state index contributed by atoms with van der Waals surface area (Å²) in [6, 6.07) is 9.89. The molecule has 0 spiro atoms. The van der Waals surface area contributed by atoms with Gasteiger partial charge in [-0.1, -0.05) is 18.2 Å². The zero-order valence-electron chi connectivity index (χ0n) is 12.3. The third-order valence-corrected chi connectivity index (χ3v) is 4.02. The van der Waals surface area contributed by atoms with Gasteiger partial charge in [-0.15, -0.1) is 0 Å². The fourth-order valence-corrected chi connectivity index (χ4v) is 2.75. The first-order chi connectivity index (χ1) is 10.3. The van der Waals surface area contributed by atoms with Gasteiger partial charge in [0.15, 0.2) is 0 Å². The first-order valence-corrected chi connectivity index (χ1v) is 7.22. The molecule has 1 aromatic heterocycles. The van der Waals surface area contributed by atoms with Crippen molar-refractivity contribution < 1.29 is 9.47 Å². The lowest BCUT2D eigenvalue weighted by atomic mass is 10.0. The number of benzene rings is 1. The Morgan fingerprint density at radius 2 is 2.19 bits per heavy atom. The van der Waals surface area contributed by atoms with Crippen molar-refractivity contribution >= 4 is 0 Å². The Bertz CT molecular complexity index is 544. The largest absolute Gasteiger partial charge is 0.491 e. The van der Waals surface area contributed by atoms with Crippen LogP contribution < -0.4 is 4.74 Å². The number of H-pyrrole nitrogens is 1. The minimum Gasteiger partial charge on any atom is -0.491 e. The fourth-order valence-electron chi connectivity index (χ4n) is 2.75. The van der Waals surface area contributed by atoms with Gasteiger partial charge in [0, 0.05) is 38.6 Å². The van der Waals surface area contributed by atoms with Gasteiger partial charge in [0.05, 0.1) is 6.33 Å². The highest BCUT2D eigenvalue weighted by molar-refractivity contribution is 5.21. The van der Waals surface area contributed by atoms with Crippen molar-refractivity contribution in [1.29, 1.82) is 0 Å². The van der Waals surface area contributed by atoms with E-state index in [-0.39, 0.29) is 5.60 Å². The molecule has 3 rings (SSSR count). The van der Waals surface area contributed by atoms with Crippen LogP contribution in [-0.2, 0) is 11.3 Å². The molecule has 0 saturated carbocycles. The van der Waals surface area contributed by atoms with Crippen molar-refractivity contribution in [3.8, 4) is 5.75 Å². The van der Waals surface area contributed by atoms with Crippen LogP contribution in [0.4, 0.5) is 0 Å². The molecule has 21 heavy (non-hydrogen) atoms. The maximum atomic E-state index is 5.90. The third kappa shape index (κ3) is 3.43. The van der Waals surface area contributed by atoms with Gasteiger partial charge in [0.25, 0.3) is 0 Å². The number of nitrogens with zero attached hydrogens (tertiary/aromatic N) is 2. The molecule has 1 fully saturated rings. The molecule has 2 aromatic rings. The molecule has 112 valence electrons. The number of likely N-dealkylation sites (tertiary alicyclic amines) is 1. The maximum absolute atomic E-state index is 5.90. The standard InChI is InChI=1S/C16H21N3O2/c1-20-16(12-21-15-5-3-2-4-6-15)7-8-19(11-16)10-14-9-17-13-18-14/h2-6,9,13H,7-8,10-12H2,1H3,(H,17,18)/t16-/m1/s1. The van der Waals surface area contributed by atoms with Gasteiger partial charge in [0.2, 0.25) is 0 Å². The van der Waals surface area contributed by atoms with E-state index in [1.54, 1.807) is 13.4 Å². The molecule has 0 bridgehead atoms. The number of methoxy groups -OCH3 is 1. The second kappa shape index (κ2) is 6.28. The number of hydrogen-bond donors (Lipinski definition) is 1. The van der Waals surface area contributed by atoms with Gasteiger partial charge < -0.3 is 14.5 Å². The molecule has 5 nitrogen and oxygen atoms in total. The smallest absolute Gasteiger partial charge is 0.119 e. The Hall–Kier alpha value is -1.85. The molecule has 1 aliphatic heterocycles. The summed E-state index contributed by atoms with van der Waals surface area (Å²) < 4.78 is 11.7. The van der Waals surface area contributed by atoms with Crippen molar-refractivity contribution in [2.75, 3.05) is 26.8 Å². The lowest BCUT2D eigenvalue weighted by Gasteiger charge is -2.28. The first-order valence-electron chi connectivity index (χ1n) is 7.22. The number of aromatic nitrogens is 2. The summed E-state index contributed by atoms with van der Waals surface area (Å²) in [5.41, 5.74) is 0.904. The van der Waals surface area contributed by atoms with Crippen LogP contribution in [0.1, 0.15) is 12.1 Å². The second-order valence-electron chi connectivity index (χ2n) is 5.53. The third-order valence-electron chi connectivity index (χ3n) is 4.02. The summed E-state index contributed by atoms with van der Waals surface area (Å²) in [5, 5.41) is 0. The number of para-hydroxylation sites is 1. The van der Waals surface area contributed by atoms with Crippen LogP contribution in [0, 0.1) is 0 Å². The van der Waals surface area contributed by atoms with Crippen molar-refractivity contribution in [3.63, 3.8) is 0 Å². The lowest BCUT2D eigenvalue weighted by Crippen LogP contribution is -2.41. The predicted octanol–water partition coefficient (Wildman–Crippen LogP) is 2.08. The molecule has 1 atom stereocenters. The molecule has 1 aliphatic rings. The number of rotatable bonds is 6. The molecule has 0 aliphatic carbocycles. The van der Waals surface area contributed by atoms with Gasteiger partial charge in [0.1, 0.15) is 18.0 Å². The van der Waals surface area contributed by atoms with Crippen LogP contribution in [0.3, 0.4) is 0 Å². The molecule has 1 saturated heterocycles. The quantitative estimate of drug-likeness (QED) is 0.884. The molecule has 0 unspecified atom stereocenters. The summed E-state index contributed by atoms with van der Waals surface area (Å²) in [6.07, 6.45) is 4.56. The zero-order chi connectivity index (χ0) is 14.5. The average Bonchev–Trinajstić information content (AvgIpc) is 3.17. The minimum absolute atomic E-state index is 0.226. The minimum atomic E-state index is -0.226. The Balaban J connectivity index is 1.57. The Morgan fingerprint density at radius 1 is 1.33 bits per heavy atom. The van der Waals surface area contributed by atoms with Crippen molar-refractivity contribution in [1.82, 2.24) is 14.9 Å². The molecular weight excluding hydrogens is 266 g/mol. The van der Waals surface area contributed by atoms with Crippen LogP contribution in [0.25, 0.3) is 0 Å². The monoisotopic (exact) mass is 287 g/mol. The predicted molar refractivity (Wildman–Crippen MR) is 80.2 cm³/mol. The fraction of sp³-hybridized carbons (Fsp3) is 0.438. The Kier molecular flexibility index (Phi) is 4.22. The van der Waals surface area contributed by atoms with E-state index in [2.05, 4.69) is 14.9 Å². The Labute approximate surface area is 124 Å². The number of nitrogens with one attached hydrogen (secondary N) is 1. The molecule has 0 radical (unpaired) electrons. The van der Waals surface area contributed by atoms with Crippen molar-refractivity contribution in [2.24, 2.45) is 0 Å². The molecular formula is C16H21N3O2. The number of hydrogen-bond acceptors (Lipinski definition) is 4. The van der Waals surface area contributed by atoms with E-state index in [0.29, 0.717) is 6.61 Å².